The predicted molar refractivity (Wildman–Crippen MR) is 110 cm³/mol. The molecule has 1 atom stereocenters. The van der Waals surface area contributed by atoms with Gasteiger partial charge in [0.05, 0.1) is 6.61 Å². The smallest absolute Gasteiger partial charge is 0.261 e. The highest BCUT2D eigenvalue weighted by Crippen LogP contribution is 2.18. The second-order valence-corrected chi connectivity index (χ2v) is 6.73. The molecular weight excluding hydrogens is 338 g/mol. The third-order valence-corrected chi connectivity index (χ3v) is 4.60. The third kappa shape index (κ3) is 6.63. The monoisotopic (exact) mass is 369 g/mol. The molecule has 2 rings (SSSR count). The topological polar surface area (TPSA) is 47.6 Å². The average molecular weight is 370 g/mol. The van der Waals surface area contributed by atoms with Gasteiger partial charge in [0.2, 0.25) is 0 Å². The number of aryl methyl sites for hydroxylation is 3. The van der Waals surface area contributed by atoms with Crippen LogP contribution in [0.4, 0.5) is 0 Å². The van der Waals surface area contributed by atoms with Crippen LogP contribution in [-0.2, 0) is 11.2 Å². The van der Waals surface area contributed by atoms with Crippen LogP contribution in [0.15, 0.2) is 42.5 Å². The molecular formula is C23H31NO3. The van der Waals surface area contributed by atoms with Gasteiger partial charge in [-0.2, -0.15) is 0 Å². The number of carbonyl (C=O) groups is 1. The normalized spacial score (nSPS) is 11.7. The molecule has 0 bridgehead atoms. The second-order valence-electron chi connectivity index (χ2n) is 6.73. The van der Waals surface area contributed by atoms with E-state index in [-0.39, 0.29) is 5.91 Å². The fourth-order valence-corrected chi connectivity index (χ4v) is 2.81. The molecule has 1 amide bonds. The number of benzene rings is 2. The van der Waals surface area contributed by atoms with E-state index in [2.05, 4.69) is 24.4 Å². The Morgan fingerprint density at radius 1 is 1.00 bits per heavy atom. The van der Waals surface area contributed by atoms with Crippen LogP contribution in [0.3, 0.4) is 0 Å². The molecule has 0 aromatic heterocycles. The highest BCUT2D eigenvalue weighted by Gasteiger charge is 2.18. The first-order valence-electron chi connectivity index (χ1n) is 9.76. The van der Waals surface area contributed by atoms with Crippen molar-refractivity contribution in [2.24, 2.45) is 0 Å². The van der Waals surface area contributed by atoms with E-state index in [1.54, 1.807) is 0 Å². The molecule has 0 aliphatic heterocycles. The maximum Gasteiger partial charge on any atom is 0.261 e. The van der Waals surface area contributed by atoms with Crippen molar-refractivity contribution in [3.63, 3.8) is 0 Å². The lowest BCUT2D eigenvalue weighted by Gasteiger charge is -2.18. The molecule has 27 heavy (non-hydrogen) atoms. The first kappa shape index (κ1) is 20.8. The average Bonchev–Trinajstić information content (AvgIpc) is 2.67. The van der Waals surface area contributed by atoms with E-state index in [1.165, 1.54) is 11.1 Å². The Kier molecular flexibility index (Phi) is 8.18. The summed E-state index contributed by atoms with van der Waals surface area (Å²) >= 11 is 0. The summed E-state index contributed by atoms with van der Waals surface area (Å²) in [5.41, 5.74) is 3.62. The Bertz CT molecular complexity index is 725. The van der Waals surface area contributed by atoms with Gasteiger partial charge in [-0.3, -0.25) is 4.79 Å². The number of carbonyl (C=O) groups excluding carboxylic acids is 1. The van der Waals surface area contributed by atoms with E-state index in [0.717, 1.165) is 29.9 Å². The summed E-state index contributed by atoms with van der Waals surface area (Å²) in [6.07, 6.45) is 1.98. The lowest BCUT2D eigenvalue weighted by molar-refractivity contribution is -0.128. The molecule has 0 spiro atoms. The number of hydrogen-bond acceptors (Lipinski definition) is 3. The Morgan fingerprint density at radius 3 is 2.33 bits per heavy atom. The molecule has 2 aromatic rings. The van der Waals surface area contributed by atoms with E-state index >= 15 is 0 Å². The SMILES string of the molecule is CCOc1ccc(CCCNC(=O)[C@@H](CC)Oc2ccc(C)c(C)c2)cc1. The lowest BCUT2D eigenvalue weighted by atomic mass is 10.1. The fraction of sp³-hybridized carbons (Fsp3) is 0.435. The Labute approximate surface area is 162 Å². The molecule has 146 valence electrons. The molecule has 0 aliphatic rings. The fourth-order valence-electron chi connectivity index (χ4n) is 2.81. The molecule has 0 heterocycles. The molecule has 0 saturated heterocycles. The van der Waals surface area contributed by atoms with E-state index in [4.69, 9.17) is 9.47 Å². The van der Waals surface area contributed by atoms with E-state index in [1.807, 2.05) is 51.1 Å². The van der Waals surface area contributed by atoms with Gasteiger partial charge in [0, 0.05) is 6.54 Å². The van der Waals surface area contributed by atoms with E-state index < -0.39 is 6.10 Å². The summed E-state index contributed by atoms with van der Waals surface area (Å²) in [6.45, 7) is 9.36. The maximum atomic E-state index is 12.4. The van der Waals surface area contributed by atoms with Gasteiger partial charge in [-0.15, -0.1) is 0 Å². The van der Waals surface area contributed by atoms with E-state index in [0.29, 0.717) is 19.6 Å². The van der Waals surface area contributed by atoms with Crippen molar-refractivity contribution >= 4 is 5.91 Å². The Morgan fingerprint density at radius 2 is 1.70 bits per heavy atom. The van der Waals surface area contributed by atoms with Crippen LogP contribution in [0.5, 0.6) is 11.5 Å². The zero-order chi connectivity index (χ0) is 19.6. The molecule has 2 aromatic carbocycles. The number of nitrogens with one attached hydrogen (secondary N) is 1. The van der Waals surface area contributed by atoms with Crippen molar-refractivity contribution in [1.82, 2.24) is 5.32 Å². The molecule has 0 aliphatic carbocycles. The first-order chi connectivity index (χ1) is 13.0. The third-order valence-electron chi connectivity index (χ3n) is 4.60. The van der Waals surface area contributed by atoms with Crippen LogP contribution in [0.2, 0.25) is 0 Å². The van der Waals surface area contributed by atoms with E-state index in [9.17, 15) is 4.79 Å². The maximum absolute atomic E-state index is 12.4. The summed E-state index contributed by atoms with van der Waals surface area (Å²) in [5, 5.41) is 2.99. The molecule has 1 N–H and O–H groups in total. The van der Waals surface area contributed by atoms with Crippen molar-refractivity contribution in [2.75, 3.05) is 13.2 Å². The summed E-state index contributed by atoms with van der Waals surface area (Å²) in [4.78, 5) is 12.4. The number of amides is 1. The van der Waals surface area contributed by atoms with Crippen LogP contribution in [0.1, 0.15) is 43.4 Å². The molecule has 0 radical (unpaired) electrons. The largest absolute Gasteiger partial charge is 0.494 e. The number of rotatable bonds is 10. The van der Waals surface area contributed by atoms with Crippen LogP contribution < -0.4 is 14.8 Å². The van der Waals surface area contributed by atoms with Gasteiger partial charge in [-0.25, -0.2) is 0 Å². The molecule has 0 unspecified atom stereocenters. The quantitative estimate of drug-likeness (QED) is 0.622. The highest BCUT2D eigenvalue weighted by molar-refractivity contribution is 5.81. The Balaban J connectivity index is 1.76. The first-order valence-corrected chi connectivity index (χ1v) is 9.76. The lowest BCUT2D eigenvalue weighted by Crippen LogP contribution is -2.38. The minimum atomic E-state index is -0.461. The number of hydrogen-bond donors (Lipinski definition) is 1. The standard InChI is InChI=1S/C23H31NO3/c1-5-22(27-21-12-9-17(3)18(4)16-21)23(25)24-15-7-8-19-10-13-20(14-11-19)26-6-2/h9-14,16,22H,5-8,15H2,1-4H3,(H,24,25)/t22-/m1/s1. The van der Waals surface area contributed by atoms with Crippen LogP contribution in [0.25, 0.3) is 0 Å². The van der Waals surface area contributed by atoms with Gasteiger partial charge in [0.15, 0.2) is 6.10 Å². The predicted octanol–water partition coefficient (Wildman–Crippen LogP) is 4.61. The van der Waals surface area contributed by atoms with Crippen LogP contribution in [0, 0.1) is 13.8 Å². The zero-order valence-electron chi connectivity index (χ0n) is 16.9. The van der Waals surface area contributed by atoms with Crippen molar-refractivity contribution in [1.29, 1.82) is 0 Å². The summed E-state index contributed by atoms with van der Waals surface area (Å²) in [7, 11) is 0. The minimum Gasteiger partial charge on any atom is -0.494 e. The van der Waals surface area contributed by atoms with Crippen molar-refractivity contribution in [3.8, 4) is 11.5 Å². The second kappa shape index (κ2) is 10.6. The summed E-state index contributed by atoms with van der Waals surface area (Å²) < 4.78 is 11.3. The highest BCUT2D eigenvalue weighted by atomic mass is 16.5. The van der Waals surface area contributed by atoms with Gasteiger partial charge < -0.3 is 14.8 Å². The van der Waals surface area contributed by atoms with Gasteiger partial charge in [0.1, 0.15) is 11.5 Å². The van der Waals surface area contributed by atoms with Gasteiger partial charge in [-0.05, 0) is 81.0 Å². The van der Waals surface area contributed by atoms with Crippen molar-refractivity contribution in [2.45, 2.75) is 53.1 Å². The molecule has 0 saturated carbocycles. The van der Waals surface area contributed by atoms with Gasteiger partial charge >= 0.3 is 0 Å². The molecule has 4 heteroatoms. The van der Waals surface area contributed by atoms with Gasteiger partial charge in [-0.1, -0.05) is 25.1 Å². The minimum absolute atomic E-state index is 0.0533. The number of ether oxygens (including phenoxy) is 2. The van der Waals surface area contributed by atoms with Crippen LogP contribution >= 0.6 is 0 Å². The van der Waals surface area contributed by atoms with Crippen molar-refractivity contribution < 1.29 is 14.3 Å². The van der Waals surface area contributed by atoms with Crippen LogP contribution in [-0.4, -0.2) is 25.2 Å². The van der Waals surface area contributed by atoms with Gasteiger partial charge in [0.25, 0.3) is 5.91 Å². The summed E-state index contributed by atoms with van der Waals surface area (Å²) in [5.74, 6) is 1.58. The summed E-state index contributed by atoms with van der Waals surface area (Å²) in [6, 6.07) is 14.0. The Hall–Kier alpha value is -2.49. The van der Waals surface area contributed by atoms with Crippen molar-refractivity contribution in [3.05, 3.63) is 59.2 Å². The zero-order valence-corrected chi connectivity index (χ0v) is 16.9. The molecule has 0 fully saturated rings. The molecule has 4 nitrogen and oxygen atoms in total.